The molecule has 0 N–H and O–H groups in total. The number of allylic oxidation sites excluding steroid dienone is 1. The molecule has 0 saturated carbocycles. The Morgan fingerprint density at radius 1 is 1.25 bits per heavy atom. The van der Waals surface area contributed by atoms with Crippen LogP contribution in [0, 0.1) is 11.8 Å². The maximum Gasteiger partial charge on any atom is 0.338 e. The van der Waals surface area contributed by atoms with Crippen molar-refractivity contribution in [2.75, 3.05) is 0 Å². The van der Waals surface area contributed by atoms with Gasteiger partial charge in [-0.2, -0.15) is 0 Å². The van der Waals surface area contributed by atoms with Crippen molar-refractivity contribution in [2.24, 2.45) is 11.8 Å². The fourth-order valence-electron chi connectivity index (χ4n) is 2.74. The number of hydrogen-bond acceptors (Lipinski definition) is 2. The summed E-state index contributed by atoms with van der Waals surface area (Å²) in [6.45, 7) is 6.54. The van der Waals surface area contributed by atoms with Crippen LogP contribution in [-0.2, 0) is 4.74 Å². The van der Waals surface area contributed by atoms with Gasteiger partial charge in [0.05, 0.1) is 10.4 Å². The normalized spacial score (nSPS) is 29.7. The predicted octanol–water partition coefficient (Wildman–Crippen LogP) is 4.60. The monoisotopic (exact) mass is 336 g/mol. The van der Waals surface area contributed by atoms with Gasteiger partial charge in [0, 0.05) is 5.92 Å². The van der Waals surface area contributed by atoms with Crippen molar-refractivity contribution in [2.45, 2.75) is 38.1 Å². The molecule has 3 heteroatoms. The third-order valence-corrected chi connectivity index (χ3v) is 5.03. The molecule has 0 amide bonds. The van der Waals surface area contributed by atoms with Gasteiger partial charge < -0.3 is 4.74 Å². The Kier molecular flexibility index (Phi) is 5.03. The summed E-state index contributed by atoms with van der Waals surface area (Å²) in [4.78, 5) is 12.3. The van der Waals surface area contributed by atoms with E-state index >= 15 is 0 Å². The molecule has 0 heterocycles. The largest absolute Gasteiger partial charge is 0.457 e. The molecule has 0 aliphatic heterocycles. The summed E-state index contributed by atoms with van der Waals surface area (Å²) in [5, 5.41) is 0. The van der Waals surface area contributed by atoms with Crippen LogP contribution >= 0.6 is 15.9 Å². The molecule has 2 nitrogen and oxygen atoms in total. The second kappa shape index (κ2) is 6.57. The molecule has 1 aromatic carbocycles. The van der Waals surface area contributed by atoms with Crippen LogP contribution in [0.1, 0.15) is 37.6 Å². The van der Waals surface area contributed by atoms with Crippen molar-refractivity contribution in [3.8, 4) is 0 Å². The molecule has 0 fully saturated rings. The minimum atomic E-state index is -0.243. The molecular formula is C17H21BrO2. The smallest absolute Gasteiger partial charge is 0.338 e. The molecule has 4 unspecified atom stereocenters. The van der Waals surface area contributed by atoms with Crippen LogP contribution in [0.5, 0.6) is 0 Å². The van der Waals surface area contributed by atoms with Gasteiger partial charge in [0.15, 0.2) is 0 Å². The fraction of sp³-hybridized carbons (Fsp3) is 0.471. The number of rotatable bonds is 3. The van der Waals surface area contributed by atoms with Gasteiger partial charge in [0.2, 0.25) is 0 Å². The molecular weight excluding hydrogens is 316 g/mol. The lowest BCUT2D eigenvalue weighted by molar-refractivity contribution is 0.0111. The molecule has 4 atom stereocenters. The Balaban J connectivity index is 2.13. The SMILES string of the molecule is CCC1=CC(Br)C(OC(=O)c2ccccc2)C(C)C1C. The minimum absolute atomic E-state index is 0.0938. The Bertz CT molecular complexity index is 495. The summed E-state index contributed by atoms with van der Waals surface area (Å²) < 4.78 is 5.73. The Morgan fingerprint density at radius 2 is 1.90 bits per heavy atom. The number of carbonyl (C=O) groups is 1. The zero-order chi connectivity index (χ0) is 14.7. The highest BCUT2D eigenvalue weighted by Gasteiger charge is 2.36. The first kappa shape index (κ1) is 15.3. The number of benzene rings is 1. The molecule has 0 spiro atoms. The highest BCUT2D eigenvalue weighted by molar-refractivity contribution is 9.09. The van der Waals surface area contributed by atoms with E-state index in [1.165, 1.54) is 5.57 Å². The first-order valence-electron chi connectivity index (χ1n) is 7.15. The number of esters is 1. The average Bonchev–Trinajstić information content (AvgIpc) is 2.48. The van der Waals surface area contributed by atoms with Crippen molar-refractivity contribution in [1.29, 1.82) is 0 Å². The number of ether oxygens (including phenoxy) is 1. The quantitative estimate of drug-likeness (QED) is 0.458. The van der Waals surface area contributed by atoms with Crippen LogP contribution < -0.4 is 0 Å². The van der Waals surface area contributed by atoms with E-state index in [0.29, 0.717) is 17.4 Å². The number of carbonyl (C=O) groups excluding carboxylic acids is 1. The van der Waals surface area contributed by atoms with Crippen molar-refractivity contribution in [3.63, 3.8) is 0 Å². The molecule has 2 rings (SSSR count). The topological polar surface area (TPSA) is 26.3 Å². The summed E-state index contributed by atoms with van der Waals surface area (Å²) in [6, 6.07) is 9.17. The van der Waals surface area contributed by atoms with Crippen molar-refractivity contribution >= 4 is 21.9 Å². The van der Waals surface area contributed by atoms with E-state index in [1.54, 1.807) is 12.1 Å². The first-order valence-corrected chi connectivity index (χ1v) is 8.06. The van der Waals surface area contributed by atoms with E-state index < -0.39 is 0 Å². The Labute approximate surface area is 129 Å². The van der Waals surface area contributed by atoms with Crippen LogP contribution in [0.3, 0.4) is 0 Å². The molecule has 1 aliphatic carbocycles. The average molecular weight is 337 g/mol. The number of halogens is 1. The zero-order valence-corrected chi connectivity index (χ0v) is 13.8. The van der Waals surface area contributed by atoms with Gasteiger partial charge in [-0.1, -0.05) is 66.5 Å². The molecule has 0 aromatic heterocycles. The maximum absolute atomic E-state index is 12.2. The van der Waals surface area contributed by atoms with Crippen LogP contribution in [0.15, 0.2) is 42.0 Å². The van der Waals surface area contributed by atoms with E-state index in [0.717, 1.165) is 6.42 Å². The van der Waals surface area contributed by atoms with Crippen LogP contribution in [0.4, 0.5) is 0 Å². The Morgan fingerprint density at radius 3 is 2.50 bits per heavy atom. The standard InChI is InChI=1S/C17H21BrO2/c1-4-13-10-15(18)16(12(3)11(13)2)20-17(19)14-8-6-5-7-9-14/h5-12,15-16H,4H2,1-3H3. The number of hydrogen-bond donors (Lipinski definition) is 0. The molecule has 1 aliphatic rings. The third-order valence-electron chi connectivity index (χ3n) is 4.24. The van der Waals surface area contributed by atoms with Gasteiger partial charge in [-0.25, -0.2) is 4.79 Å². The molecule has 108 valence electrons. The van der Waals surface area contributed by atoms with Gasteiger partial charge in [-0.3, -0.25) is 0 Å². The lowest BCUT2D eigenvalue weighted by Gasteiger charge is -2.36. The summed E-state index contributed by atoms with van der Waals surface area (Å²) in [7, 11) is 0. The van der Waals surface area contributed by atoms with Gasteiger partial charge in [-0.15, -0.1) is 0 Å². The molecule has 0 saturated heterocycles. The van der Waals surface area contributed by atoms with Crippen molar-refractivity contribution < 1.29 is 9.53 Å². The van der Waals surface area contributed by atoms with Crippen molar-refractivity contribution in [1.82, 2.24) is 0 Å². The highest BCUT2D eigenvalue weighted by atomic mass is 79.9. The van der Waals surface area contributed by atoms with Crippen molar-refractivity contribution in [3.05, 3.63) is 47.5 Å². The van der Waals surface area contributed by atoms with E-state index in [-0.39, 0.29) is 16.9 Å². The first-order chi connectivity index (χ1) is 9.54. The summed E-state index contributed by atoms with van der Waals surface area (Å²) in [6.07, 6.45) is 3.13. The summed E-state index contributed by atoms with van der Waals surface area (Å²) in [5.74, 6) is 0.516. The highest BCUT2D eigenvalue weighted by Crippen LogP contribution is 2.36. The molecule has 1 aromatic rings. The minimum Gasteiger partial charge on any atom is -0.457 e. The summed E-state index contributed by atoms with van der Waals surface area (Å²) in [5.41, 5.74) is 2.05. The van der Waals surface area contributed by atoms with Gasteiger partial charge in [0.1, 0.15) is 6.10 Å². The fourth-order valence-corrected chi connectivity index (χ4v) is 3.67. The Hall–Kier alpha value is -1.09. The van der Waals surface area contributed by atoms with Crippen LogP contribution in [0.25, 0.3) is 0 Å². The van der Waals surface area contributed by atoms with Crippen LogP contribution in [0.2, 0.25) is 0 Å². The van der Waals surface area contributed by atoms with Gasteiger partial charge in [-0.05, 0) is 24.5 Å². The second-order valence-corrected chi connectivity index (χ2v) is 6.48. The van der Waals surface area contributed by atoms with Gasteiger partial charge in [0.25, 0.3) is 0 Å². The molecule has 0 radical (unpaired) electrons. The van der Waals surface area contributed by atoms with E-state index in [1.807, 2.05) is 18.2 Å². The molecule has 0 bridgehead atoms. The van der Waals surface area contributed by atoms with Crippen LogP contribution in [-0.4, -0.2) is 16.9 Å². The van der Waals surface area contributed by atoms with E-state index in [2.05, 4.69) is 42.8 Å². The lowest BCUT2D eigenvalue weighted by atomic mass is 9.78. The predicted molar refractivity (Wildman–Crippen MR) is 85.1 cm³/mol. The summed E-state index contributed by atoms with van der Waals surface area (Å²) >= 11 is 3.65. The molecule has 20 heavy (non-hydrogen) atoms. The van der Waals surface area contributed by atoms with E-state index in [4.69, 9.17) is 4.74 Å². The zero-order valence-electron chi connectivity index (χ0n) is 12.2. The third kappa shape index (κ3) is 3.14. The number of alkyl halides is 1. The lowest BCUT2D eigenvalue weighted by Crippen LogP contribution is -2.39. The maximum atomic E-state index is 12.2. The van der Waals surface area contributed by atoms with Gasteiger partial charge >= 0.3 is 5.97 Å². The van der Waals surface area contributed by atoms with E-state index in [9.17, 15) is 4.79 Å². The second-order valence-electron chi connectivity index (χ2n) is 5.42.